The van der Waals surface area contributed by atoms with E-state index >= 15 is 0 Å². The molecule has 0 aliphatic heterocycles. The first-order valence-electron chi connectivity index (χ1n) is 21.5. The normalized spacial score (nSPS) is 11.5. The fourth-order valence-electron chi connectivity index (χ4n) is 9.58. The molecule has 0 amide bonds. The molecule has 63 heavy (non-hydrogen) atoms. The Morgan fingerprint density at radius 1 is 0.317 bits per heavy atom. The van der Waals surface area contributed by atoms with Gasteiger partial charge >= 0.3 is 0 Å². The van der Waals surface area contributed by atoms with Crippen LogP contribution in [0.2, 0.25) is 0 Å². The van der Waals surface area contributed by atoms with Crippen molar-refractivity contribution in [3.63, 3.8) is 0 Å². The van der Waals surface area contributed by atoms with Crippen LogP contribution in [0.4, 0.5) is 17.1 Å². The average Bonchev–Trinajstić information content (AvgIpc) is 3.91. The van der Waals surface area contributed by atoms with E-state index in [1.807, 2.05) is 6.07 Å². The highest BCUT2D eigenvalue weighted by Gasteiger charge is 2.24. The monoisotopic (exact) mass is 804 g/mol. The number of nitrogens with zero attached hydrogens (tertiary/aromatic N) is 2. The van der Waals surface area contributed by atoms with Gasteiger partial charge < -0.3 is 13.9 Å². The number of anilines is 3. The van der Waals surface area contributed by atoms with E-state index in [4.69, 9.17) is 4.42 Å². The Bertz CT molecular complexity index is 3600. The van der Waals surface area contributed by atoms with E-state index in [9.17, 15) is 0 Å². The quantitative estimate of drug-likeness (QED) is 0.153. The molecule has 12 aromatic rings. The van der Waals surface area contributed by atoms with E-state index in [2.05, 4.69) is 246 Å². The zero-order chi connectivity index (χ0) is 41.7. The zero-order valence-electron chi connectivity index (χ0n) is 34.4. The van der Waals surface area contributed by atoms with Crippen LogP contribution in [0.5, 0.6) is 0 Å². The lowest BCUT2D eigenvalue weighted by atomic mass is 9.95. The number of fused-ring (bicyclic) bond motifs is 6. The van der Waals surface area contributed by atoms with Gasteiger partial charge in [-0.25, -0.2) is 0 Å². The predicted octanol–water partition coefficient (Wildman–Crippen LogP) is 16.8. The lowest BCUT2D eigenvalue weighted by molar-refractivity contribution is 0.670. The molecule has 2 heterocycles. The Kier molecular flexibility index (Phi) is 8.83. The van der Waals surface area contributed by atoms with Crippen molar-refractivity contribution in [3.8, 4) is 50.2 Å². The summed E-state index contributed by atoms with van der Waals surface area (Å²) in [7, 11) is 0. The van der Waals surface area contributed by atoms with Crippen LogP contribution in [0.1, 0.15) is 0 Å². The van der Waals surface area contributed by atoms with Crippen LogP contribution in [0, 0.1) is 0 Å². The summed E-state index contributed by atoms with van der Waals surface area (Å²) in [5.41, 5.74) is 17.5. The maximum absolute atomic E-state index is 6.60. The Balaban J connectivity index is 1.10. The molecular weight excluding hydrogens is 765 g/mol. The number of para-hydroxylation sites is 7. The SMILES string of the molecule is c1ccc(-c2cccc(-c3ccccc3N(c3cccc(-c4cccc5c4oc4ccccc45)c3)c3ccccc3-c3ccccc3-n3c4ccccc4c4ccccc43)c2)cc1. The molecule has 0 bridgehead atoms. The maximum Gasteiger partial charge on any atom is 0.143 e. The van der Waals surface area contributed by atoms with Crippen LogP contribution in [0.3, 0.4) is 0 Å². The van der Waals surface area contributed by atoms with Crippen LogP contribution >= 0.6 is 0 Å². The van der Waals surface area contributed by atoms with Gasteiger partial charge in [0, 0.05) is 49.5 Å². The summed E-state index contributed by atoms with van der Waals surface area (Å²) >= 11 is 0. The van der Waals surface area contributed by atoms with E-state index in [1.165, 1.54) is 32.9 Å². The first-order chi connectivity index (χ1) is 31.3. The van der Waals surface area contributed by atoms with Crippen LogP contribution in [-0.2, 0) is 0 Å². The van der Waals surface area contributed by atoms with E-state index in [-0.39, 0.29) is 0 Å². The van der Waals surface area contributed by atoms with E-state index in [0.717, 1.165) is 78.1 Å². The van der Waals surface area contributed by atoms with Crippen LogP contribution in [-0.4, -0.2) is 4.57 Å². The summed E-state index contributed by atoms with van der Waals surface area (Å²) in [6.07, 6.45) is 0. The minimum Gasteiger partial charge on any atom is -0.455 e. The molecule has 0 spiro atoms. The molecule has 12 rings (SSSR count). The summed E-state index contributed by atoms with van der Waals surface area (Å²) in [5.74, 6) is 0. The summed E-state index contributed by atoms with van der Waals surface area (Å²) in [4.78, 5) is 2.45. The summed E-state index contributed by atoms with van der Waals surface area (Å²) in [6.45, 7) is 0. The minimum atomic E-state index is 0.889. The number of rotatable bonds is 8. The van der Waals surface area contributed by atoms with Crippen molar-refractivity contribution in [3.05, 3.63) is 243 Å². The smallest absolute Gasteiger partial charge is 0.143 e. The molecule has 0 saturated carbocycles. The first-order valence-corrected chi connectivity index (χ1v) is 21.5. The standard InChI is InChI=1S/C60H40N2O/c1-2-19-41(20-3-1)42-21-16-22-43(39-42)46-25-4-10-33-54(46)61(45-24-17-23-44(40-45)47-31-18-32-53-52-30-9-15-38-59(52)63-60(47)53)55-34-11-5-26-48(55)49-27-6-12-35-56(49)62-57-36-13-7-28-50(57)51-29-8-14-37-58(51)62/h1-40H. The van der Waals surface area contributed by atoms with Gasteiger partial charge in [0.1, 0.15) is 11.2 Å². The molecule has 0 N–H and O–H groups in total. The van der Waals surface area contributed by atoms with Gasteiger partial charge in [0.15, 0.2) is 0 Å². The van der Waals surface area contributed by atoms with Gasteiger partial charge in [-0.2, -0.15) is 0 Å². The van der Waals surface area contributed by atoms with Crippen molar-refractivity contribution >= 4 is 60.8 Å². The fraction of sp³-hybridized carbons (Fsp3) is 0. The van der Waals surface area contributed by atoms with Gasteiger partial charge in [0.05, 0.1) is 28.1 Å². The van der Waals surface area contributed by atoms with E-state index in [0.29, 0.717) is 0 Å². The van der Waals surface area contributed by atoms with Crippen molar-refractivity contribution in [2.75, 3.05) is 4.90 Å². The summed E-state index contributed by atoms with van der Waals surface area (Å²) in [6, 6.07) is 87.2. The second-order valence-corrected chi connectivity index (χ2v) is 16.0. The van der Waals surface area contributed by atoms with Crippen molar-refractivity contribution in [2.45, 2.75) is 0 Å². The number of hydrogen-bond donors (Lipinski definition) is 0. The highest BCUT2D eigenvalue weighted by atomic mass is 16.3. The fourth-order valence-corrected chi connectivity index (χ4v) is 9.58. The molecule has 10 aromatic carbocycles. The molecule has 3 nitrogen and oxygen atoms in total. The zero-order valence-corrected chi connectivity index (χ0v) is 34.4. The Morgan fingerprint density at radius 3 is 1.60 bits per heavy atom. The van der Waals surface area contributed by atoms with Crippen molar-refractivity contribution in [1.29, 1.82) is 0 Å². The van der Waals surface area contributed by atoms with Gasteiger partial charge in [-0.15, -0.1) is 0 Å². The first kappa shape index (κ1) is 36.5. The largest absolute Gasteiger partial charge is 0.455 e. The lowest BCUT2D eigenvalue weighted by Crippen LogP contribution is -2.13. The van der Waals surface area contributed by atoms with Gasteiger partial charge in [-0.05, 0) is 76.9 Å². The maximum atomic E-state index is 6.60. The molecule has 0 aliphatic carbocycles. The second kappa shape index (κ2) is 15.3. The Morgan fingerprint density at radius 2 is 0.825 bits per heavy atom. The van der Waals surface area contributed by atoms with Crippen molar-refractivity contribution < 1.29 is 4.42 Å². The molecule has 2 aromatic heterocycles. The summed E-state index contributed by atoms with van der Waals surface area (Å²) < 4.78 is 9.03. The number of furan rings is 1. The third-order valence-electron chi connectivity index (χ3n) is 12.4. The van der Waals surface area contributed by atoms with Gasteiger partial charge in [-0.3, -0.25) is 0 Å². The molecule has 0 aliphatic rings. The van der Waals surface area contributed by atoms with Gasteiger partial charge in [0.25, 0.3) is 0 Å². The highest BCUT2D eigenvalue weighted by Crippen LogP contribution is 2.48. The van der Waals surface area contributed by atoms with Gasteiger partial charge in [0.2, 0.25) is 0 Å². The second-order valence-electron chi connectivity index (χ2n) is 16.0. The Labute approximate surface area is 366 Å². The summed E-state index contributed by atoms with van der Waals surface area (Å²) in [5, 5.41) is 4.71. The topological polar surface area (TPSA) is 21.3 Å². The molecule has 0 fully saturated rings. The van der Waals surface area contributed by atoms with E-state index < -0.39 is 0 Å². The third-order valence-corrected chi connectivity index (χ3v) is 12.4. The molecule has 296 valence electrons. The van der Waals surface area contributed by atoms with Crippen molar-refractivity contribution in [1.82, 2.24) is 4.57 Å². The lowest BCUT2D eigenvalue weighted by Gasteiger charge is -2.30. The third kappa shape index (κ3) is 6.21. The molecule has 0 radical (unpaired) electrons. The average molecular weight is 805 g/mol. The minimum absolute atomic E-state index is 0.889. The Hall–Kier alpha value is -8.40. The predicted molar refractivity (Wildman–Crippen MR) is 264 cm³/mol. The van der Waals surface area contributed by atoms with Crippen LogP contribution in [0.25, 0.3) is 93.9 Å². The number of aromatic nitrogens is 1. The van der Waals surface area contributed by atoms with Crippen molar-refractivity contribution in [2.24, 2.45) is 0 Å². The molecular formula is C60H40N2O. The number of hydrogen-bond acceptors (Lipinski definition) is 2. The molecule has 0 saturated heterocycles. The van der Waals surface area contributed by atoms with E-state index in [1.54, 1.807) is 0 Å². The molecule has 0 unspecified atom stereocenters. The number of benzene rings is 10. The van der Waals surface area contributed by atoms with Gasteiger partial charge in [-0.1, -0.05) is 188 Å². The molecule has 3 heteroatoms. The highest BCUT2D eigenvalue weighted by molar-refractivity contribution is 6.11. The van der Waals surface area contributed by atoms with Crippen LogP contribution < -0.4 is 4.90 Å². The molecule has 0 atom stereocenters. The van der Waals surface area contributed by atoms with Crippen LogP contribution in [0.15, 0.2) is 247 Å².